The maximum Gasteiger partial charge on any atom is 0.179 e. The Balaban J connectivity index is 1.90. The van der Waals surface area contributed by atoms with Crippen LogP contribution in [0.4, 0.5) is 0 Å². The molecule has 0 unspecified atom stereocenters. The summed E-state index contributed by atoms with van der Waals surface area (Å²) >= 11 is 0. The fourth-order valence-corrected chi connectivity index (χ4v) is 3.51. The molecule has 1 fully saturated rings. The molecule has 1 saturated heterocycles. The molecule has 0 bridgehead atoms. The van der Waals surface area contributed by atoms with Gasteiger partial charge in [-0.25, -0.2) is 4.98 Å². The number of imidazole rings is 1. The van der Waals surface area contributed by atoms with Gasteiger partial charge in [-0.1, -0.05) is 6.07 Å². The van der Waals surface area contributed by atoms with Crippen LogP contribution in [0.3, 0.4) is 0 Å². The van der Waals surface area contributed by atoms with Crippen molar-refractivity contribution in [3.63, 3.8) is 0 Å². The molecule has 2 aromatic rings. The van der Waals surface area contributed by atoms with E-state index < -0.39 is 0 Å². The van der Waals surface area contributed by atoms with Crippen molar-refractivity contribution in [1.29, 1.82) is 0 Å². The fraction of sp³-hybridized carbons (Fsp3) is 0.455. The number of ether oxygens (including phenoxy) is 1. The molecule has 29 heavy (non-hydrogen) atoms. The van der Waals surface area contributed by atoms with Gasteiger partial charge in [0.1, 0.15) is 11.5 Å². The van der Waals surface area contributed by atoms with Gasteiger partial charge in [-0.05, 0) is 32.4 Å². The van der Waals surface area contributed by atoms with Crippen molar-refractivity contribution in [1.82, 2.24) is 14.5 Å². The summed E-state index contributed by atoms with van der Waals surface area (Å²) in [6, 6.07) is 5.06. The molecule has 1 aliphatic heterocycles. The van der Waals surface area contributed by atoms with Gasteiger partial charge in [0.05, 0.1) is 13.2 Å². The molecular weight excluding hydrogens is 370 g/mol. The molecule has 1 aromatic carbocycles. The summed E-state index contributed by atoms with van der Waals surface area (Å²) in [6.45, 7) is 9.41. The zero-order chi connectivity index (χ0) is 21.0. The molecule has 1 aromatic heterocycles. The van der Waals surface area contributed by atoms with Gasteiger partial charge < -0.3 is 9.30 Å². The normalized spacial score (nSPS) is 14.7. The zero-order valence-corrected chi connectivity index (χ0v) is 17.2. The number of carbonyl (C=O) groups excluding carboxylic acids is 3. The molecule has 2 heterocycles. The summed E-state index contributed by atoms with van der Waals surface area (Å²) in [4.78, 5) is 42.8. The number of hydrogen-bond donors (Lipinski definition) is 0. The number of carbonyl (C=O) groups is 3. The van der Waals surface area contributed by atoms with Crippen molar-refractivity contribution in [2.45, 2.75) is 33.7 Å². The molecule has 0 saturated carbocycles. The largest absolute Gasteiger partial charge is 0.379 e. The summed E-state index contributed by atoms with van der Waals surface area (Å²) in [6.07, 6.45) is 2.64. The Kier molecular flexibility index (Phi) is 6.71. The van der Waals surface area contributed by atoms with Crippen molar-refractivity contribution in [2.75, 3.05) is 32.8 Å². The summed E-state index contributed by atoms with van der Waals surface area (Å²) in [7, 11) is 0. The average molecular weight is 397 g/mol. The fourth-order valence-electron chi connectivity index (χ4n) is 3.51. The van der Waals surface area contributed by atoms with Crippen molar-refractivity contribution in [3.05, 3.63) is 41.2 Å². The van der Waals surface area contributed by atoms with Gasteiger partial charge in [-0.3, -0.25) is 19.3 Å². The molecule has 1 aliphatic rings. The van der Waals surface area contributed by atoms with E-state index in [1.165, 1.54) is 20.8 Å². The first-order valence-electron chi connectivity index (χ1n) is 9.91. The lowest BCUT2D eigenvalue weighted by atomic mass is 9.99. The van der Waals surface area contributed by atoms with E-state index in [-0.39, 0.29) is 17.3 Å². The van der Waals surface area contributed by atoms with Crippen LogP contribution < -0.4 is 0 Å². The van der Waals surface area contributed by atoms with E-state index in [0.717, 1.165) is 39.3 Å². The van der Waals surface area contributed by atoms with Gasteiger partial charge in [-0.15, -0.1) is 0 Å². The first kappa shape index (κ1) is 21.1. The minimum atomic E-state index is -0.143. The van der Waals surface area contributed by atoms with E-state index in [9.17, 15) is 14.4 Å². The number of aromatic nitrogens is 2. The number of benzene rings is 1. The van der Waals surface area contributed by atoms with Gasteiger partial charge in [0.15, 0.2) is 17.3 Å². The van der Waals surface area contributed by atoms with Crippen molar-refractivity contribution in [3.8, 4) is 11.4 Å². The average Bonchev–Trinajstić information content (AvgIpc) is 3.12. The molecule has 0 aliphatic carbocycles. The molecule has 3 rings (SSSR count). The lowest BCUT2D eigenvalue weighted by Crippen LogP contribution is -2.37. The highest BCUT2D eigenvalue weighted by molar-refractivity contribution is 6.04. The van der Waals surface area contributed by atoms with E-state index in [1.807, 2.05) is 4.57 Å². The number of rotatable bonds is 8. The number of Topliss-reactive ketones (excluding diaryl/α,β-unsaturated/α-hetero) is 3. The van der Waals surface area contributed by atoms with E-state index >= 15 is 0 Å². The molecule has 0 amide bonds. The third-order valence-corrected chi connectivity index (χ3v) is 5.16. The molecular formula is C22H27N3O4. The highest BCUT2D eigenvalue weighted by Gasteiger charge is 2.19. The van der Waals surface area contributed by atoms with Gasteiger partial charge in [-0.2, -0.15) is 0 Å². The van der Waals surface area contributed by atoms with Crippen LogP contribution in [0.1, 0.15) is 58.4 Å². The Morgan fingerprint density at radius 3 is 2.34 bits per heavy atom. The Hall–Kier alpha value is -2.64. The Morgan fingerprint density at radius 2 is 1.72 bits per heavy atom. The second-order valence-corrected chi connectivity index (χ2v) is 7.38. The predicted octanol–water partition coefficient (Wildman–Crippen LogP) is 2.88. The summed E-state index contributed by atoms with van der Waals surface area (Å²) < 4.78 is 7.32. The van der Waals surface area contributed by atoms with Crippen LogP contribution in [0, 0.1) is 0 Å². The highest BCUT2D eigenvalue weighted by atomic mass is 16.5. The second kappa shape index (κ2) is 9.24. The number of ketones is 3. The number of hydrogen-bond acceptors (Lipinski definition) is 6. The first-order chi connectivity index (χ1) is 13.9. The maximum atomic E-state index is 12.3. The quantitative estimate of drug-likeness (QED) is 0.637. The van der Waals surface area contributed by atoms with Gasteiger partial charge in [0.25, 0.3) is 0 Å². The first-order valence-corrected chi connectivity index (χ1v) is 9.91. The van der Waals surface area contributed by atoms with Crippen molar-refractivity contribution >= 4 is 17.3 Å². The third-order valence-electron chi connectivity index (χ3n) is 5.16. The van der Waals surface area contributed by atoms with E-state index in [4.69, 9.17) is 4.74 Å². The van der Waals surface area contributed by atoms with Crippen molar-refractivity contribution < 1.29 is 19.1 Å². The zero-order valence-electron chi connectivity index (χ0n) is 17.2. The second-order valence-electron chi connectivity index (χ2n) is 7.38. The standard InChI is InChI=1S/C22H27N3O4/c1-15(26)18-5-6-19(20(13-18)16(2)27)22-23-21(17(3)28)14-25(22)8-4-7-24-9-11-29-12-10-24/h5-6,13-14H,4,7-12H2,1-3H3. The van der Waals surface area contributed by atoms with Gasteiger partial charge in [0.2, 0.25) is 0 Å². The summed E-state index contributed by atoms with van der Waals surface area (Å²) in [5.41, 5.74) is 1.93. The van der Waals surface area contributed by atoms with Crippen LogP contribution >= 0.6 is 0 Å². The third kappa shape index (κ3) is 5.05. The molecule has 154 valence electrons. The maximum absolute atomic E-state index is 12.3. The van der Waals surface area contributed by atoms with Crippen LogP contribution in [-0.4, -0.2) is 64.6 Å². The van der Waals surface area contributed by atoms with Crippen LogP contribution in [0.15, 0.2) is 24.4 Å². The minimum Gasteiger partial charge on any atom is -0.379 e. The van der Waals surface area contributed by atoms with E-state index in [1.54, 1.807) is 24.4 Å². The lowest BCUT2D eigenvalue weighted by molar-refractivity contribution is 0.0369. The lowest BCUT2D eigenvalue weighted by Gasteiger charge is -2.26. The predicted molar refractivity (Wildman–Crippen MR) is 110 cm³/mol. The van der Waals surface area contributed by atoms with Crippen LogP contribution in [-0.2, 0) is 11.3 Å². The highest BCUT2D eigenvalue weighted by Crippen LogP contribution is 2.26. The van der Waals surface area contributed by atoms with Gasteiger partial charge >= 0.3 is 0 Å². The number of aryl methyl sites for hydroxylation is 1. The smallest absolute Gasteiger partial charge is 0.179 e. The SMILES string of the molecule is CC(=O)c1ccc(-c2nc(C(C)=O)cn2CCCN2CCOCC2)c(C(C)=O)c1. The molecule has 0 radical (unpaired) electrons. The molecule has 7 nitrogen and oxygen atoms in total. The van der Waals surface area contributed by atoms with Crippen molar-refractivity contribution in [2.24, 2.45) is 0 Å². The number of nitrogens with zero attached hydrogens (tertiary/aromatic N) is 3. The molecule has 7 heteroatoms. The summed E-state index contributed by atoms with van der Waals surface area (Å²) in [5, 5.41) is 0. The van der Waals surface area contributed by atoms with Crippen LogP contribution in [0.2, 0.25) is 0 Å². The Bertz CT molecular complexity index is 926. The molecule has 0 spiro atoms. The van der Waals surface area contributed by atoms with E-state index in [0.29, 0.717) is 34.8 Å². The summed E-state index contributed by atoms with van der Waals surface area (Å²) in [5.74, 6) is 0.216. The Labute approximate surface area is 170 Å². The minimum absolute atomic E-state index is 0.0997. The van der Waals surface area contributed by atoms with Crippen LogP contribution in [0.25, 0.3) is 11.4 Å². The topological polar surface area (TPSA) is 81.5 Å². The monoisotopic (exact) mass is 397 g/mol. The van der Waals surface area contributed by atoms with Gasteiger partial charge in [0, 0.05) is 56.0 Å². The van der Waals surface area contributed by atoms with E-state index in [2.05, 4.69) is 9.88 Å². The Morgan fingerprint density at radius 1 is 1.00 bits per heavy atom. The molecule has 0 N–H and O–H groups in total. The molecule has 0 atom stereocenters. The number of morpholine rings is 1. The van der Waals surface area contributed by atoms with Crippen LogP contribution in [0.5, 0.6) is 0 Å².